The van der Waals surface area contributed by atoms with E-state index >= 15 is 0 Å². The molecule has 3 N–H and O–H groups in total. The highest BCUT2D eigenvalue weighted by atomic mass is 16.5. The second-order valence-corrected chi connectivity index (χ2v) is 10.5. The van der Waals surface area contributed by atoms with E-state index in [9.17, 15) is 14.4 Å². The highest BCUT2D eigenvalue weighted by molar-refractivity contribution is 5.95. The number of esters is 1. The number of ether oxygens (including phenoxy) is 3. The van der Waals surface area contributed by atoms with Crippen LogP contribution < -0.4 is 25.5 Å². The van der Waals surface area contributed by atoms with Gasteiger partial charge in [0.05, 0.1) is 31.5 Å². The number of amides is 3. The van der Waals surface area contributed by atoms with Crippen LogP contribution in [0.4, 0.5) is 4.79 Å². The fourth-order valence-electron chi connectivity index (χ4n) is 5.39. The molecule has 0 spiro atoms. The number of carbonyl (C=O) groups excluding carboxylic acids is 3. The van der Waals surface area contributed by atoms with Crippen LogP contribution in [-0.4, -0.2) is 49.0 Å². The summed E-state index contributed by atoms with van der Waals surface area (Å²) in [6.07, 6.45) is 1.61. The first-order valence-electron chi connectivity index (χ1n) is 14.5. The zero-order valence-electron chi connectivity index (χ0n) is 25.8. The topological polar surface area (TPSA) is 132 Å². The van der Waals surface area contributed by atoms with Crippen LogP contribution in [0.25, 0.3) is 16.5 Å². The van der Waals surface area contributed by atoms with Gasteiger partial charge in [-0.1, -0.05) is 36.4 Å². The zero-order chi connectivity index (χ0) is 32.1. The molecule has 1 aliphatic heterocycles. The molecule has 2 heterocycles. The minimum absolute atomic E-state index is 0.190. The maximum Gasteiger partial charge on any atom is 0.338 e. The van der Waals surface area contributed by atoms with Crippen LogP contribution >= 0.6 is 0 Å². The molecule has 0 fully saturated rings. The van der Waals surface area contributed by atoms with Gasteiger partial charge in [-0.05, 0) is 74.4 Å². The number of hydrogen-bond acceptors (Lipinski definition) is 7. The summed E-state index contributed by atoms with van der Waals surface area (Å²) in [4.78, 5) is 37.4. The summed E-state index contributed by atoms with van der Waals surface area (Å²) < 4.78 is 18.5. The van der Waals surface area contributed by atoms with Crippen molar-refractivity contribution in [2.45, 2.75) is 33.7 Å². The van der Waals surface area contributed by atoms with Gasteiger partial charge >= 0.3 is 12.0 Å². The number of fused-ring (bicyclic) bond motifs is 1. The van der Waals surface area contributed by atoms with Crippen molar-refractivity contribution in [3.05, 3.63) is 101 Å². The second-order valence-electron chi connectivity index (χ2n) is 10.5. The Morgan fingerprint density at radius 2 is 1.78 bits per heavy atom. The van der Waals surface area contributed by atoms with E-state index in [4.69, 9.17) is 14.2 Å². The fourth-order valence-corrected chi connectivity index (χ4v) is 5.39. The van der Waals surface area contributed by atoms with Crippen LogP contribution in [0.1, 0.15) is 42.4 Å². The van der Waals surface area contributed by atoms with Crippen molar-refractivity contribution in [3.8, 4) is 17.2 Å². The average Bonchev–Trinajstić information content (AvgIpc) is 3.31. The fraction of sp³-hybridized carbons (Fsp3) is 0.235. The minimum Gasteiger partial charge on any atom is -0.493 e. The molecule has 3 amide bonds. The predicted molar refractivity (Wildman–Crippen MR) is 171 cm³/mol. The van der Waals surface area contributed by atoms with Gasteiger partial charge in [-0.15, -0.1) is 0 Å². The molecule has 1 aliphatic rings. The van der Waals surface area contributed by atoms with Crippen molar-refractivity contribution < 1.29 is 28.6 Å². The van der Waals surface area contributed by atoms with E-state index in [0.29, 0.717) is 22.8 Å². The van der Waals surface area contributed by atoms with Gasteiger partial charge in [0, 0.05) is 28.3 Å². The smallest absolute Gasteiger partial charge is 0.338 e. The van der Waals surface area contributed by atoms with E-state index in [-0.39, 0.29) is 18.8 Å². The highest BCUT2D eigenvalue weighted by Crippen LogP contribution is 2.34. The monoisotopic (exact) mass is 609 g/mol. The van der Waals surface area contributed by atoms with Crippen LogP contribution in [0.3, 0.4) is 0 Å². The SMILES string of the molecule is CCOC(=O)C1=C(C)NC(=O)N[C@H]1c1ccc(OCC(=O)N/N=C\c2cc(C)n(-c3ccc4ccccc4c3)c2C)c(OC)c1. The number of hydrazone groups is 1. The van der Waals surface area contributed by atoms with Crippen LogP contribution in [0.2, 0.25) is 0 Å². The Kier molecular flexibility index (Phi) is 9.17. The average molecular weight is 610 g/mol. The van der Waals surface area contributed by atoms with Crippen molar-refractivity contribution in [2.24, 2.45) is 5.10 Å². The van der Waals surface area contributed by atoms with Crippen LogP contribution in [0.15, 0.2) is 83.1 Å². The van der Waals surface area contributed by atoms with Gasteiger partial charge in [0.25, 0.3) is 5.91 Å². The Hall–Kier alpha value is -5.58. The van der Waals surface area contributed by atoms with Gasteiger partial charge in [-0.25, -0.2) is 15.0 Å². The number of carbonyl (C=O) groups is 3. The van der Waals surface area contributed by atoms with Crippen LogP contribution in [0.5, 0.6) is 11.5 Å². The number of aromatic nitrogens is 1. The first-order chi connectivity index (χ1) is 21.7. The molecule has 1 aromatic heterocycles. The lowest BCUT2D eigenvalue weighted by Gasteiger charge is -2.28. The molecule has 0 radical (unpaired) electrons. The summed E-state index contributed by atoms with van der Waals surface area (Å²) >= 11 is 0. The number of allylic oxidation sites excluding steroid dienone is 1. The van der Waals surface area contributed by atoms with Gasteiger partial charge in [0.15, 0.2) is 18.1 Å². The standard InChI is InChI=1S/C34H35N5O6/c1-6-44-33(41)31-21(3)36-34(42)37-32(31)25-12-14-28(29(17-25)43-5)45-19-30(40)38-35-18-26-15-20(2)39(22(26)4)27-13-11-23-9-7-8-10-24(23)16-27/h7-18,32H,6,19H2,1-5H3,(H,38,40)(H2,36,37,42)/b35-18-/t32-/m0/s1. The molecule has 11 heteroatoms. The molecular weight excluding hydrogens is 574 g/mol. The molecule has 11 nitrogen and oxygen atoms in total. The Morgan fingerprint density at radius 1 is 1.00 bits per heavy atom. The van der Waals surface area contributed by atoms with Gasteiger partial charge < -0.3 is 29.4 Å². The number of urea groups is 1. The van der Waals surface area contributed by atoms with Gasteiger partial charge in [-0.3, -0.25) is 4.79 Å². The van der Waals surface area contributed by atoms with Crippen molar-refractivity contribution >= 4 is 34.9 Å². The number of rotatable bonds is 10. The Balaban J connectivity index is 1.24. The number of methoxy groups -OCH3 is 1. The predicted octanol–water partition coefficient (Wildman–Crippen LogP) is 4.98. The summed E-state index contributed by atoms with van der Waals surface area (Å²) in [7, 11) is 1.46. The summed E-state index contributed by atoms with van der Waals surface area (Å²) in [5.41, 5.74) is 7.71. The van der Waals surface area contributed by atoms with Crippen LogP contribution in [-0.2, 0) is 14.3 Å². The van der Waals surface area contributed by atoms with Gasteiger partial charge in [0.2, 0.25) is 0 Å². The zero-order valence-corrected chi connectivity index (χ0v) is 25.8. The lowest BCUT2D eigenvalue weighted by molar-refractivity contribution is -0.139. The van der Waals surface area contributed by atoms with Crippen molar-refractivity contribution in [2.75, 3.05) is 20.3 Å². The quantitative estimate of drug-likeness (QED) is 0.132. The number of nitrogens with one attached hydrogen (secondary N) is 3. The maximum atomic E-state index is 12.6. The largest absolute Gasteiger partial charge is 0.493 e. The highest BCUT2D eigenvalue weighted by Gasteiger charge is 2.32. The second kappa shape index (κ2) is 13.4. The van der Waals surface area contributed by atoms with Crippen molar-refractivity contribution in [1.82, 2.24) is 20.6 Å². The Morgan fingerprint density at radius 3 is 2.53 bits per heavy atom. The molecule has 0 aliphatic carbocycles. The van der Waals surface area contributed by atoms with Crippen LogP contribution in [0, 0.1) is 13.8 Å². The molecule has 1 atom stereocenters. The normalized spacial score (nSPS) is 14.7. The molecule has 0 saturated heterocycles. The number of benzene rings is 3. The third-order valence-electron chi connectivity index (χ3n) is 7.50. The number of aryl methyl sites for hydroxylation is 1. The number of hydrogen-bond donors (Lipinski definition) is 3. The molecule has 0 unspecified atom stereocenters. The summed E-state index contributed by atoms with van der Waals surface area (Å²) in [6, 6.07) is 20.3. The van der Waals surface area contributed by atoms with E-state index < -0.39 is 23.9 Å². The van der Waals surface area contributed by atoms with E-state index in [2.05, 4.69) is 56.1 Å². The lowest BCUT2D eigenvalue weighted by atomic mass is 9.95. The molecule has 5 rings (SSSR count). The molecule has 0 saturated carbocycles. The molecular formula is C34H35N5O6. The first-order valence-corrected chi connectivity index (χ1v) is 14.5. The van der Waals surface area contributed by atoms with E-state index in [1.165, 1.54) is 12.5 Å². The third-order valence-corrected chi connectivity index (χ3v) is 7.50. The molecule has 3 aromatic carbocycles. The number of nitrogens with zero attached hydrogens (tertiary/aromatic N) is 2. The van der Waals surface area contributed by atoms with E-state index in [1.807, 2.05) is 32.0 Å². The van der Waals surface area contributed by atoms with Crippen molar-refractivity contribution in [3.63, 3.8) is 0 Å². The first kappa shape index (κ1) is 30.9. The van der Waals surface area contributed by atoms with Crippen molar-refractivity contribution in [1.29, 1.82) is 0 Å². The Labute approximate surface area is 260 Å². The maximum absolute atomic E-state index is 12.6. The van der Waals surface area contributed by atoms with E-state index in [1.54, 1.807) is 38.3 Å². The molecule has 45 heavy (non-hydrogen) atoms. The molecule has 4 aromatic rings. The minimum atomic E-state index is -0.762. The summed E-state index contributed by atoms with van der Waals surface area (Å²) in [5, 5.41) is 11.8. The molecule has 0 bridgehead atoms. The summed E-state index contributed by atoms with van der Waals surface area (Å²) in [6.45, 7) is 7.25. The van der Waals surface area contributed by atoms with E-state index in [0.717, 1.165) is 28.0 Å². The van der Waals surface area contributed by atoms with Gasteiger partial charge in [-0.2, -0.15) is 5.10 Å². The molecule has 232 valence electrons. The Bertz CT molecular complexity index is 1840. The third kappa shape index (κ3) is 6.67. The summed E-state index contributed by atoms with van der Waals surface area (Å²) in [5.74, 6) is -0.384. The lowest BCUT2D eigenvalue weighted by Crippen LogP contribution is -2.45. The van der Waals surface area contributed by atoms with Gasteiger partial charge in [0.1, 0.15) is 0 Å².